The van der Waals surface area contributed by atoms with Crippen LogP contribution in [-0.4, -0.2) is 20.9 Å². The third-order valence-corrected chi connectivity index (χ3v) is 4.99. The predicted molar refractivity (Wildman–Crippen MR) is 108 cm³/mol. The van der Waals surface area contributed by atoms with Gasteiger partial charge in [-0.05, 0) is 43.4 Å². The van der Waals surface area contributed by atoms with Crippen molar-refractivity contribution < 1.29 is 4.92 Å². The van der Waals surface area contributed by atoms with E-state index in [1.54, 1.807) is 0 Å². The molecule has 0 spiro atoms. The molecular formula is C20H27N5O2. The van der Waals surface area contributed by atoms with Crippen LogP contribution in [0.4, 0.5) is 23.0 Å². The maximum absolute atomic E-state index is 11.7. The third-order valence-electron chi connectivity index (χ3n) is 4.99. The van der Waals surface area contributed by atoms with E-state index in [2.05, 4.69) is 27.5 Å². The number of unbranched alkanes of at least 4 members (excludes halogenated alkanes) is 1. The Morgan fingerprint density at radius 3 is 2.48 bits per heavy atom. The normalized spacial score (nSPS) is 14.7. The molecule has 2 aromatic rings. The molecule has 0 bridgehead atoms. The zero-order valence-electron chi connectivity index (χ0n) is 15.8. The third kappa shape index (κ3) is 5.15. The van der Waals surface area contributed by atoms with Gasteiger partial charge in [0.15, 0.2) is 0 Å². The van der Waals surface area contributed by atoms with Crippen LogP contribution < -0.4 is 10.6 Å². The number of benzene rings is 1. The van der Waals surface area contributed by atoms with Crippen molar-refractivity contribution in [2.24, 2.45) is 0 Å². The zero-order chi connectivity index (χ0) is 19.1. The largest absolute Gasteiger partial charge is 0.361 e. The molecule has 1 heterocycles. The van der Waals surface area contributed by atoms with E-state index in [9.17, 15) is 10.1 Å². The van der Waals surface area contributed by atoms with Gasteiger partial charge in [-0.2, -0.15) is 0 Å². The Labute approximate surface area is 159 Å². The lowest BCUT2D eigenvalue weighted by Gasteiger charge is -2.23. The molecule has 0 saturated heterocycles. The van der Waals surface area contributed by atoms with Crippen LogP contribution in [0.2, 0.25) is 0 Å². The van der Waals surface area contributed by atoms with Gasteiger partial charge < -0.3 is 10.6 Å². The summed E-state index contributed by atoms with van der Waals surface area (Å²) in [6.45, 7) is 2.17. The number of anilines is 3. The Balaban J connectivity index is 1.78. The molecule has 1 aromatic heterocycles. The first-order chi connectivity index (χ1) is 13.2. The lowest BCUT2D eigenvalue weighted by molar-refractivity contribution is -0.383. The van der Waals surface area contributed by atoms with Crippen molar-refractivity contribution >= 4 is 23.0 Å². The minimum absolute atomic E-state index is 0.0990. The molecule has 1 aliphatic rings. The number of aromatic nitrogens is 2. The number of rotatable bonds is 8. The lowest BCUT2D eigenvalue weighted by Crippen LogP contribution is -2.23. The van der Waals surface area contributed by atoms with Crippen molar-refractivity contribution in [3.8, 4) is 0 Å². The van der Waals surface area contributed by atoms with Crippen molar-refractivity contribution in [2.75, 3.05) is 10.6 Å². The van der Waals surface area contributed by atoms with Gasteiger partial charge in [0.1, 0.15) is 6.33 Å². The molecule has 1 aromatic carbocycles. The van der Waals surface area contributed by atoms with Crippen molar-refractivity contribution in [2.45, 2.75) is 64.3 Å². The Hall–Kier alpha value is -2.70. The number of nitrogens with one attached hydrogen (secondary N) is 2. The molecule has 3 rings (SSSR count). The van der Waals surface area contributed by atoms with Crippen LogP contribution in [0.25, 0.3) is 0 Å². The fourth-order valence-electron chi connectivity index (χ4n) is 3.46. The van der Waals surface area contributed by atoms with Gasteiger partial charge in [-0.1, -0.05) is 44.7 Å². The molecule has 144 valence electrons. The lowest BCUT2D eigenvalue weighted by atomic mass is 9.95. The topological polar surface area (TPSA) is 93.0 Å². The standard InChI is InChI=1S/C20H27N5O2/c1-2-3-7-15-10-12-17(13-11-15)24-20-18(25(26)27)19(21-14-22-20)23-16-8-5-4-6-9-16/h10-14,16H,2-9H2,1H3,(H2,21,22,23,24). The number of aryl methyl sites for hydroxylation is 1. The quantitative estimate of drug-likeness (QED) is 0.490. The molecule has 7 heteroatoms. The molecule has 0 radical (unpaired) electrons. The van der Waals surface area contributed by atoms with E-state index in [1.165, 1.54) is 18.3 Å². The van der Waals surface area contributed by atoms with Crippen LogP contribution >= 0.6 is 0 Å². The van der Waals surface area contributed by atoms with Gasteiger partial charge >= 0.3 is 5.69 Å². The van der Waals surface area contributed by atoms with Crippen molar-refractivity contribution in [3.05, 3.63) is 46.3 Å². The summed E-state index contributed by atoms with van der Waals surface area (Å²) >= 11 is 0. The molecule has 0 atom stereocenters. The SMILES string of the molecule is CCCCc1ccc(Nc2ncnc(NC3CCCCC3)c2[N+](=O)[O-])cc1. The second-order valence-corrected chi connectivity index (χ2v) is 7.08. The predicted octanol–water partition coefficient (Wildman–Crippen LogP) is 5.22. The maximum atomic E-state index is 11.7. The van der Waals surface area contributed by atoms with Gasteiger partial charge in [-0.3, -0.25) is 10.1 Å². The maximum Gasteiger partial charge on any atom is 0.353 e. The Kier molecular flexibility index (Phi) is 6.57. The summed E-state index contributed by atoms with van der Waals surface area (Å²) in [5, 5.41) is 18.0. The molecule has 1 aliphatic carbocycles. The van der Waals surface area contributed by atoms with Crippen molar-refractivity contribution in [1.29, 1.82) is 0 Å². The highest BCUT2D eigenvalue weighted by Gasteiger charge is 2.25. The van der Waals surface area contributed by atoms with Gasteiger partial charge in [0.05, 0.1) is 4.92 Å². The first kappa shape index (κ1) is 19.1. The fourth-order valence-corrected chi connectivity index (χ4v) is 3.46. The van der Waals surface area contributed by atoms with Crippen LogP contribution in [0.15, 0.2) is 30.6 Å². The highest BCUT2D eigenvalue weighted by Crippen LogP contribution is 2.33. The summed E-state index contributed by atoms with van der Waals surface area (Å²) < 4.78 is 0. The Morgan fingerprint density at radius 2 is 1.81 bits per heavy atom. The summed E-state index contributed by atoms with van der Waals surface area (Å²) in [5.41, 5.74) is 1.94. The minimum atomic E-state index is -0.414. The Bertz CT molecular complexity index is 757. The van der Waals surface area contributed by atoms with E-state index in [0.29, 0.717) is 5.82 Å². The molecule has 1 saturated carbocycles. The number of nitrogens with zero attached hydrogens (tertiary/aromatic N) is 3. The summed E-state index contributed by atoms with van der Waals surface area (Å²) in [6.07, 6.45) is 10.3. The first-order valence-corrected chi connectivity index (χ1v) is 9.79. The molecule has 1 fully saturated rings. The van der Waals surface area contributed by atoms with E-state index in [0.717, 1.165) is 50.6 Å². The van der Waals surface area contributed by atoms with Gasteiger partial charge in [-0.25, -0.2) is 9.97 Å². The van der Waals surface area contributed by atoms with E-state index in [1.807, 2.05) is 24.3 Å². The molecular weight excluding hydrogens is 342 g/mol. The smallest absolute Gasteiger partial charge is 0.353 e. The fraction of sp³-hybridized carbons (Fsp3) is 0.500. The van der Waals surface area contributed by atoms with Crippen molar-refractivity contribution in [3.63, 3.8) is 0 Å². The van der Waals surface area contributed by atoms with Gasteiger partial charge in [0, 0.05) is 11.7 Å². The van der Waals surface area contributed by atoms with E-state index >= 15 is 0 Å². The molecule has 2 N–H and O–H groups in total. The number of nitro groups is 1. The summed E-state index contributed by atoms with van der Waals surface area (Å²) in [5.74, 6) is 0.513. The first-order valence-electron chi connectivity index (χ1n) is 9.79. The van der Waals surface area contributed by atoms with Gasteiger partial charge in [-0.15, -0.1) is 0 Å². The molecule has 0 amide bonds. The average molecular weight is 369 g/mol. The molecule has 0 unspecified atom stereocenters. The van der Waals surface area contributed by atoms with Crippen LogP contribution in [-0.2, 0) is 6.42 Å². The van der Waals surface area contributed by atoms with Crippen LogP contribution in [0.1, 0.15) is 57.4 Å². The second kappa shape index (κ2) is 9.30. The zero-order valence-corrected chi connectivity index (χ0v) is 15.8. The number of hydrogen-bond donors (Lipinski definition) is 2. The minimum Gasteiger partial charge on any atom is -0.361 e. The molecule has 27 heavy (non-hydrogen) atoms. The molecule has 7 nitrogen and oxygen atoms in total. The van der Waals surface area contributed by atoms with E-state index < -0.39 is 4.92 Å². The summed E-state index contributed by atoms with van der Waals surface area (Å²) in [7, 11) is 0. The van der Waals surface area contributed by atoms with Gasteiger partial charge in [0.2, 0.25) is 11.6 Å². The van der Waals surface area contributed by atoms with Crippen LogP contribution in [0, 0.1) is 10.1 Å². The number of hydrogen-bond acceptors (Lipinski definition) is 6. The van der Waals surface area contributed by atoms with E-state index in [-0.39, 0.29) is 17.5 Å². The monoisotopic (exact) mass is 369 g/mol. The van der Waals surface area contributed by atoms with Crippen LogP contribution in [0.3, 0.4) is 0 Å². The Morgan fingerprint density at radius 1 is 1.11 bits per heavy atom. The second-order valence-electron chi connectivity index (χ2n) is 7.08. The highest BCUT2D eigenvalue weighted by molar-refractivity contribution is 5.73. The summed E-state index contributed by atoms with van der Waals surface area (Å²) in [6, 6.07) is 8.20. The van der Waals surface area contributed by atoms with Crippen LogP contribution in [0.5, 0.6) is 0 Å². The highest BCUT2D eigenvalue weighted by atomic mass is 16.6. The van der Waals surface area contributed by atoms with Gasteiger partial charge in [0.25, 0.3) is 0 Å². The average Bonchev–Trinajstić information content (AvgIpc) is 2.68. The van der Waals surface area contributed by atoms with E-state index in [4.69, 9.17) is 0 Å². The van der Waals surface area contributed by atoms with Crippen molar-refractivity contribution in [1.82, 2.24) is 9.97 Å². The molecule has 0 aliphatic heterocycles. The summed E-state index contributed by atoms with van der Waals surface area (Å²) in [4.78, 5) is 19.5.